The number of rotatable bonds is 4. The number of carboxylic acids is 1. The number of sulfonamides is 1. The largest absolute Gasteiger partial charge is 0.478 e. The van der Waals surface area contributed by atoms with Crippen molar-refractivity contribution in [3.05, 3.63) is 17.1 Å². The van der Waals surface area contributed by atoms with Crippen molar-refractivity contribution in [2.45, 2.75) is 56.9 Å². The maximum absolute atomic E-state index is 12.8. The van der Waals surface area contributed by atoms with Crippen LogP contribution in [0.4, 0.5) is 0 Å². The van der Waals surface area contributed by atoms with Crippen molar-refractivity contribution in [1.29, 1.82) is 0 Å². The summed E-state index contributed by atoms with van der Waals surface area (Å²) >= 11 is 0. The van der Waals surface area contributed by atoms with Gasteiger partial charge in [0.05, 0.1) is 0 Å². The van der Waals surface area contributed by atoms with Crippen LogP contribution < -0.4 is 0 Å². The van der Waals surface area contributed by atoms with Gasteiger partial charge in [0.2, 0.25) is 10.0 Å². The summed E-state index contributed by atoms with van der Waals surface area (Å²) in [5.74, 6) is -1.02. The summed E-state index contributed by atoms with van der Waals surface area (Å²) in [6.07, 6.45) is 4.75. The Morgan fingerprint density at radius 1 is 1.19 bits per heavy atom. The topological polar surface area (TPSA) is 87.8 Å². The molecule has 0 bridgehead atoms. The van der Waals surface area contributed by atoms with Crippen molar-refractivity contribution < 1.29 is 22.7 Å². The predicted molar refractivity (Wildman–Crippen MR) is 77.0 cm³/mol. The van der Waals surface area contributed by atoms with E-state index in [1.165, 1.54) is 25.2 Å². The van der Waals surface area contributed by atoms with Crippen LogP contribution in [0.15, 0.2) is 9.31 Å². The van der Waals surface area contributed by atoms with Crippen molar-refractivity contribution in [2.75, 3.05) is 7.05 Å². The van der Waals surface area contributed by atoms with E-state index in [0.29, 0.717) is 0 Å². The van der Waals surface area contributed by atoms with Gasteiger partial charge in [-0.3, -0.25) is 0 Å². The molecule has 1 aliphatic rings. The minimum atomic E-state index is -3.87. The molecule has 7 heteroatoms. The fourth-order valence-electron chi connectivity index (χ4n) is 3.01. The van der Waals surface area contributed by atoms with Gasteiger partial charge >= 0.3 is 5.97 Å². The van der Waals surface area contributed by atoms with Crippen LogP contribution in [0.25, 0.3) is 0 Å². The van der Waals surface area contributed by atoms with Crippen molar-refractivity contribution in [1.82, 2.24) is 4.31 Å². The zero-order valence-electron chi connectivity index (χ0n) is 12.5. The number of furan rings is 1. The standard InChI is InChI=1S/C14H21NO5S/c1-9-12(14(16)17)13(10(2)20-9)21(18,19)15(3)11-7-5-4-6-8-11/h11H,4-8H2,1-3H3,(H,16,17). The number of nitrogens with zero attached hydrogens (tertiary/aromatic N) is 1. The van der Waals surface area contributed by atoms with Gasteiger partial charge in [-0.15, -0.1) is 0 Å². The van der Waals surface area contributed by atoms with Gasteiger partial charge in [-0.2, -0.15) is 4.31 Å². The minimum Gasteiger partial charge on any atom is -0.478 e. The van der Waals surface area contributed by atoms with Crippen LogP contribution in [-0.4, -0.2) is 36.9 Å². The molecule has 1 aliphatic carbocycles. The third kappa shape index (κ3) is 2.85. The van der Waals surface area contributed by atoms with Gasteiger partial charge in [-0.1, -0.05) is 19.3 Å². The summed E-state index contributed by atoms with van der Waals surface area (Å²) in [5.41, 5.74) is -0.254. The highest BCUT2D eigenvalue weighted by molar-refractivity contribution is 7.89. The summed E-state index contributed by atoms with van der Waals surface area (Å²) in [5, 5.41) is 9.27. The quantitative estimate of drug-likeness (QED) is 0.922. The highest BCUT2D eigenvalue weighted by Crippen LogP contribution is 2.32. The van der Waals surface area contributed by atoms with Gasteiger partial charge in [-0.25, -0.2) is 13.2 Å². The predicted octanol–water partition coefficient (Wildman–Crippen LogP) is 2.55. The van der Waals surface area contributed by atoms with Crippen LogP contribution in [0.1, 0.15) is 54.0 Å². The van der Waals surface area contributed by atoms with Gasteiger partial charge < -0.3 is 9.52 Å². The molecule has 1 N–H and O–H groups in total. The Morgan fingerprint density at radius 3 is 2.29 bits per heavy atom. The third-order valence-corrected chi connectivity index (χ3v) is 6.21. The van der Waals surface area contributed by atoms with E-state index >= 15 is 0 Å². The Kier molecular flexibility index (Phi) is 4.43. The highest BCUT2D eigenvalue weighted by atomic mass is 32.2. The van der Waals surface area contributed by atoms with Crippen LogP contribution in [0.5, 0.6) is 0 Å². The molecule has 2 rings (SSSR count). The van der Waals surface area contributed by atoms with E-state index in [1.807, 2.05) is 0 Å². The summed E-state index contributed by atoms with van der Waals surface area (Å²) in [4.78, 5) is 11.2. The van der Waals surface area contributed by atoms with Crippen LogP contribution >= 0.6 is 0 Å². The van der Waals surface area contributed by atoms with Crippen LogP contribution in [0, 0.1) is 13.8 Å². The third-order valence-electron chi connectivity index (χ3n) is 4.14. The SMILES string of the molecule is Cc1oc(C)c(S(=O)(=O)N(C)C2CCCCC2)c1C(=O)O. The fraction of sp³-hybridized carbons (Fsp3) is 0.643. The molecule has 1 heterocycles. The monoisotopic (exact) mass is 315 g/mol. The van der Waals surface area contributed by atoms with Gasteiger partial charge in [0.15, 0.2) is 0 Å². The van der Waals surface area contributed by atoms with E-state index in [4.69, 9.17) is 4.42 Å². The molecule has 0 atom stereocenters. The number of carboxylic acid groups (broad SMARTS) is 1. The molecule has 118 valence electrons. The second-order valence-electron chi connectivity index (χ2n) is 5.54. The number of hydrogen-bond acceptors (Lipinski definition) is 4. The van der Waals surface area contributed by atoms with Crippen LogP contribution in [0.2, 0.25) is 0 Å². The molecule has 21 heavy (non-hydrogen) atoms. The molecule has 0 saturated heterocycles. The fourth-order valence-corrected chi connectivity index (χ4v) is 4.79. The lowest BCUT2D eigenvalue weighted by molar-refractivity contribution is 0.0691. The maximum atomic E-state index is 12.8. The molecule has 1 saturated carbocycles. The number of hydrogen-bond donors (Lipinski definition) is 1. The van der Waals surface area contributed by atoms with E-state index in [2.05, 4.69) is 0 Å². The van der Waals surface area contributed by atoms with Crippen LogP contribution in [0.3, 0.4) is 0 Å². The van der Waals surface area contributed by atoms with Crippen molar-refractivity contribution >= 4 is 16.0 Å². The Labute approximate surface area is 124 Å². The zero-order chi connectivity index (χ0) is 15.8. The summed E-state index contributed by atoms with van der Waals surface area (Å²) in [6.45, 7) is 2.96. The van der Waals surface area contributed by atoms with Crippen molar-refractivity contribution in [3.63, 3.8) is 0 Å². The summed E-state index contributed by atoms with van der Waals surface area (Å²) in [7, 11) is -2.34. The molecule has 1 aromatic rings. The molecule has 0 aliphatic heterocycles. The molecule has 0 unspecified atom stereocenters. The summed E-state index contributed by atoms with van der Waals surface area (Å²) in [6, 6.07) is -0.0694. The van der Waals surface area contributed by atoms with Gasteiger partial charge in [0.25, 0.3) is 0 Å². The average Bonchev–Trinajstić information content (AvgIpc) is 2.74. The zero-order valence-corrected chi connectivity index (χ0v) is 13.4. The lowest BCUT2D eigenvalue weighted by Gasteiger charge is -2.30. The summed E-state index contributed by atoms with van der Waals surface area (Å²) < 4.78 is 32.1. The molecule has 0 aromatic carbocycles. The molecule has 0 amide bonds. The van der Waals surface area contributed by atoms with Gasteiger partial charge in [0, 0.05) is 13.1 Å². The molecular formula is C14H21NO5S. The first-order valence-corrected chi connectivity index (χ1v) is 8.52. The number of carbonyl (C=O) groups is 1. The Bertz CT molecular complexity index is 641. The minimum absolute atomic E-state index is 0.0694. The molecule has 1 fully saturated rings. The normalized spacial score (nSPS) is 17.3. The molecule has 0 radical (unpaired) electrons. The molecule has 6 nitrogen and oxygen atoms in total. The van der Waals surface area contributed by atoms with Crippen molar-refractivity contribution in [2.24, 2.45) is 0 Å². The molecular weight excluding hydrogens is 294 g/mol. The molecule has 0 spiro atoms. The van der Waals surface area contributed by atoms with E-state index in [1.54, 1.807) is 0 Å². The second-order valence-corrected chi connectivity index (χ2v) is 7.47. The first-order valence-electron chi connectivity index (χ1n) is 7.08. The van der Waals surface area contributed by atoms with Crippen LogP contribution in [-0.2, 0) is 10.0 Å². The van der Waals surface area contributed by atoms with E-state index in [9.17, 15) is 18.3 Å². The first-order chi connectivity index (χ1) is 9.76. The first kappa shape index (κ1) is 16.0. The Balaban J connectivity index is 2.46. The number of aromatic carboxylic acids is 1. The van der Waals surface area contributed by atoms with E-state index < -0.39 is 16.0 Å². The Hall–Kier alpha value is -1.34. The second kappa shape index (κ2) is 5.81. The van der Waals surface area contributed by atoms with Crippen molar-refractivity contribution in [3.8, 4) is 0 Å². The Morgan fingerprint density at radius 2 is 1.76 bits per heavy atom. The van der Waals surface area contributed by atoms with E-state index in [0.717, 1.165) is 32.1 Å². The average molecular weight is 315 g/mol. The number of aryl methyl sites for hydroxylation is 2. The lowest BCUT2D eigenvalue weighted by Crippen LogP contribution is -2.38. The highest BCUT2D eigenvalue weighted by Gasteiger charge is 2.36. The van der Waals surface area contributed by atoms with Gasteiger partial charge in [0.1, 0.15) is 22.0 Å². The smallest absolute Gasteiger partial charge is 0.340 e. The van der Waals surface area contributed by atoms with Gasteiger partial charge in [-0.05, 0) is 26.7 Å². The lowest BCUT2D eigenvalue weighted by atomic mass is 9.96. The molecule has 1 aromatic heterocycles. The van der Waals surface area contributed by atoms with E-state index in [-0.39, 0.29) is 28.0 Å². The maximum Gasteiger partial charge on any atom is 0.340 e.